The van der Waals surface area contributed by atoms with Crippen LogP contribution in [0.2, 0.25) is 0 Å². The molecule has 0 aliphatic heterocycles. The molecule has 0 bridgehead atoms. The van der Waals surface area contributed by atoms with Crippen molar-refractivity contribution >= 4 is 5.69 Å². The Morgan fingerprint density at radius 1 is 1.36 bits per heavy atom. The summed E-state index contributed by atoms with van der Waals surface area (Å²) < 4.78 is 0. The Labute approximate surface area is 84.4 Å². The first-order chi connectivity index (χ1) is 6.52. The van der Waals surface area contributed by atoms with Gasteiger partial charge in [0.15, 0.2) is 0 Å². The molecule has 0 heterocycles. The highest BCUT2D eigenvalue weighted by molar-refractivity contribution is 5.59. The molecular weight excluding hydrogens is 178 g/mol. The van der Waals surface area contributed by atoms with Gasteiger partial charge >= 0.3 is 0 Å². The van der Waals surface area contributed by atoms with E-state index in [0.29, 0.717) is 12.3 Å². The lowest BCUT2D eigenvalue weighted by molar-refractivity contribution is 0.208. The second-order valence-electron chi connectivity index (χ2n) is 3.63. The molecule has 1 aromatic rings. The number of rotatable bonds is 3. The van der Waals surface area contributed by atoms with Crippen LogP contribution in [0.4, 0.5) is 5.69 Å². The minimum Gasteiger partial charge on any atom is -0.507 e. The Kier molecular flexibility index (Phi) is 3.36. The van der Waals surface area contributed by atoms with Crippen LogP contribution in [0, 0.1) is 13.8 Å². The maximum Gasteiger partial charge on any atom is 0.123 e. The molecule has 1 aromatic carbocycles. The average Bonchev–Trinajstić information content (AvgIpc) is 2.13. The van der Waals surface area contributed by atoms with Gasteiger partial charge < -0.3 is 15.5 Å². The third kappa shape index (κ3) is 2.39. The minimum absolute atomic E-state index is 0.320. The van der Waals surface area contributed by atoms with E-state index in [0.717, 1.165) is 16.8 Å². The van der Waals surface area contributed by atoms with Gasteiger partial charge in [-0.1, -0.05) is 6.07 Å². The SMILES string of the molecule is Cc1ccc(NCC(C)O)c(C)c1O. The third-order valence-corrected chi connectivity index (χ3v) is 2.22. The van der Waals surface area contributed by atoms with Crippen LogP contribution in [-0.4, -0.2) is 22.9 Å². The smallest absolute Gasteiger partial charge is 0.123 e. The van der Waals surface area contributed by atoms with E-state index in [-0.39, 0.29) is 0 Å². The van der Waals surface area contributed by atoms with E-state index in [1.807, 2.05) is 26.0 Å². The van der Waals surface area contributed by atoms with Crippen molar-refractivity contribution in [2.75, 3.05) is 11.9 Å². The van der Waals surface area contributed by atoms with E-state index < -0.39 is 6.10 Å². The Morgan fingerprint density at radius 3 is 2.57 bits per heavy atom. The number of benzene rings is 1. The average molecular weight is 195 g/mol. The predicted octanol–water partition coefficient (Wildman–Crippen LogP) is 1.80. The van der Waals surface area contributed by atoms with Crippen LogP contribution in [-0.2, 0) is 0 Å². The van der Waals surface area contributed by atoms with Gasteiger partial charge in [0.2, 0.25) is 0 Å². The molecule has 0 radical (unpaired) electrons. The quantitative estimate of drug-likeness (QED) is 0.689. The first-order valence-corrected chi connectivity index (χ1v) is 4.73. The number of anilines is 1. The lowest BCUT2D eigenvalue weighted by atomic mass is 10.1. The molecular formula is C11H17NO2. The van der Waals surface area contributed by atoms with Crippen LogP contribution in [0.25, 0.3) is 0 Å². The summed E-state index contributed by atoms with van der Waals surface area (Å²) in [4.78, 5) is 0. The van der Waals surface area contributed by atoms with Crippen LogP contribution in [0.1, 0.15) is 18.1 Å². The summed E-state index contributed by atoms with van der Waals surface area (Å²) in [6.45, 7) is 5.92. The third-order valence-electron chi connectivity index (χ3n) is 2.22. The molecule has 0 fully saturated rings. The van der Waals surface area contributed by atoms with E-state index in [2.05, 4.69) is 5.32 Å². The Morgan fingerprint density at radius 2 is 2.00 bits per heavy atom. The molecule has 0 spiro atoms. The minimum atomic E-state index is -0.391. The summed E-state index contributed by atoms with van der Waals surface area (Å²) in [5.41, 5.74) is 2.56. The number of phenolic OH excluding ortho intramolecular Hbond substituents is 1. The summed E-state index contributed by atoms with van der Waals surface area (Å²) in [7, 11) is 0. The van der Waals surface area contributed by atoms with Gasteiger partial charge in [-0.25, -0.2) is 0 Å². The van der Waals surface area contributed by atoms with Gasteiger partial charge in [-0.15, -0.1) is 0 Å². The summed E-state index contributed by atoms with van der Waals surface area (Å²) >= 11 is 0. The van der Waals surface area contributed by atoms with Gasteiger partial charge in [0.25, 0.3) is 0 Å². The normalized spacial score (nSPS) is 12.6. The zero-order chi connectivity index (χ0) is 10.7. The Bertz CT molecular complexity index is 321. The predicted molar refractivity (Wildman–Crippen MR) is 57.8 cm³/mol. The summed E-state index contributed by atoms with van der Waals surface area (Å²) in [6, 6.07) is 3.76. The van der Waals surface area contributed by atoms with Gasteiger partial charge in [0.05, 0.1) is 6.10 Å². The van der Waals surface area contributed by atoms with Crippen LogP contribution >= 0.6 is 0 Å². The van der Waals surface area contributed by atoms with Crippen LogP contribution in [0.3, 0.4) is 0 Å². The molecule has 0 saturated heterocycles. The maximum absolute atomic E-state index is 9.65. The van der Waals surface area contributed by atoms with Crippen molar-refractivity contribution in [3.63, 3.8) is 0 Å². The molecule has 0 aliphatic rings. The van der Waals surface area contributed by atoms with Crippen LogP contribution < -0.4 is 5.32 Å². The fraction of sp³-hybridized carbons (Fsp3) is 0.455. The molecule has 3 heteroatoms. The number of aliphatic hydroxyl groups excluding tert-OH is 1. The zero-order valence-electron chi connectivity index (χ0n) is 8.83. The largest absolute Gasteiger partial charge is 0.507 e. The molecule has 0 aromatic heterocycles. The highest BCUT2D eigenvalue weighted by Crippen LogP contribution is 2.27. The molecule has 0 saturated carbocycles. The maximum atomic E-state index is 9.65. The molecule has 14 heavy (non-hydrogen) atoms. The van der Waals surface area contributed by atoms with Gasteiger partial charge in [-0.05, 0) is 32.4 Å². The monoisotopic (exact) mass is 195 g/mol. The molecule has 0 aliphatic carbocycles. The van der Waals surface area contributed by atoms with Crippen molar-refractivity contribution in [2.45, 2.75) is 26.9 Å². The van der Waals surface area contributed by atoms with E-state index >= 15 is 0 Å². The lowest BCUT2D eigenvalue weighted by Crippen LogP contribution is -2.15. The number of aliphatic hydroxyl groups is 1. The molecule has 1 unspecified atom stereocenters. The molecule has 78 valence electrons. The van der Waals surface area contributed by atoms with Crippen molar-refractivity contribution in [1.82, 2.24) is 0 Å². The summed E-state index contributed by atoms with van der Waals surface area (Å²) in [5, 5.41) is 21.8. The van der Waals surface area contributed by atoms with Crippen molar-refractivity contribution in [3.8, 4) is 5.75 Å². The number of hydrogen-bond donors (Lipinski definition) is 3. The fourth-order valence-corrected chi connectivity index (χ4v) is 1.28. The van der Waals surface area contributed by atoms with Crippen molar-refractivity contribution < 1.29 is 10.2 Å². The Balaban J connectivity index is 2.83. The zero-order valence-corrected chi connectivity index (χ0v) is 8.83. The standard InChI is InChI=1S/C11H17NO2/c1-7-4-5-10(9(3)11(7)14)12-6-8(2)13/h4-5,8,12-14H,6H2,1-3H3. The van der Waals surface area contributed by atoms with Gasteiger partial charge in [0, 0.05) is 17.8 Å². The first-order valence-electron chi connectivity index (χ1n) is 4.73. The van der Waals surface area contributed by atoms with Gasteiger partial charge in [0.1, 0.15) is 5.75 Å². The van der Waals surface area contributed by atoms with Crippen molar-refractivity contribution in [1.29, 1.82) is 0 Å². The first kappa shape index (κ1) is 10.9. The number of hydrogen-bond acceptors (Lipinski definition) is 3. The van der Waals surface area contributed by atoms with Crippen LogP contribution in [0.15, 0.2) is 12.1 Å². The van der Waals surface area contributed by atoms with E-state index in [4.69, 9.17) is 5.11 Å². The fourth-order valence-electron chi connectivity index (χ4n) is 1.28. The topological polar surface area (TPSA) is 52.5 Å². The highest BCUT2D eigenvalue weighted by atomic mass is 16.3. The highest BCUT2D eigenvalue weighted by Gasteiger charge is 2.05. The number of aromatic hydroxyl groups is 1. The number of phenols is 1. The van der Waals surface area contributed by atoms with E-state index in [9.17, 15) is 5.11 Å². The van der Waals surface area contributed by atoms with Crippen LogP contribution in [0.5, 0.6) is 5.75 Å². The summed E-state index contributed by atoms with van der Waals surface area (Å²) in [5.74, 6) is 0.320. The van der Waals surface area contributed by atoms with Gasteiger partial charge in [-0.3, -0.25) is 0 Å². The second kappa shape index (κ2) is 4.33. The second-order valence-corrected chi connectivity index (χ2v) is 3.63. The molecule has 3 nitrogen and oxygen atoms in total. The van der Waals surface area contributed by atoms with Crippen molar-refractivity contribution in [2.24, 2.45) is 0 Å². The lowest BCUT2D eigenvalue weighted by Gasteiger charge is -2.13. The molecule has 1 atom stereocenters. The Hall–Kier alpha value is -1.22. The van der Waals surface area contributed by atoms with Crippen molar-refractivity contribution in [3.05, 3.63) is 23.3 Å². The number of aryl methyl sites for hydroxylation is 1. The molecule has 3 N–H and O–H groups in total. The van der Waals surface area contributed by atoms with E-state index in [1.165, 1.54) is 0 Å². The van der Waals surface area contributed by atoms with E-state index in [1.54, 1.807) is 6.92 Å². The summed E-state index contributed by atoms with van der Waals surface area (Å²) in [6.07, 6.45) is -0.391. The van der Waals surface area contributed by atoms with Gasteiger partial charge in [-0.2, -0.15) is 0 Å². The molecule has 0 amide bonds. The number of nitrogens with one attached hydrogen (secondary N) is 1. The molecule has 1 rings (SSSR count).